The third-order valence-electron chi connectivity index (χ3n) is 9.55. The van der Waals surface area contributed by atoms with E-state index in [0.717, 1.165) is 12.8 Å². The minimum atomic E-state index is 1.10. The van der Waals surface area contributed by atoms with Crippen molar-refractivity contribution in [2.45, 2.75) is 12.8 Å². The van der Waals surface area contributed by atoms with Crippen LogP contribution in [0.5, 0.6) is 0 Å². The molecule has 206 valence electrons. The van der Waals surface area contributed by atoms with Gasteiger partial charge in [-0.15, -0.1) is 0 Å². The zero-order valence-electron chi connectivity index (χ0n) is 24.4. The number of fused-ring (bicyclic) bond motifs is 9. The van der Waals surface area contributed by atoms with Crippen molar-refractivity contribution in [1.29, 1.82) is 0 Å². The molecule has 0 saturated heterocycles. The number of hydrogen-bond donors (Lipinski definition) is 0. The molecule has 8 aromatic carbocycles. The Morgan fingerprint density at radius 3 is 1.32 bits per heavy atom. The van der Waals surface area contributed by atoms with Crippen molar-refractivity contribution in [3.05, 3.63) is 169 Å². The smallest absolute Gasteiger partial charge is 0.00928 e. The van der Waals surface area contributed by atoms with Crippen molar-refractivity contribution in [3.8, 4) is 44.5 Å². The maximum Gasteiger partial charge on any atom is -0.00928 e. The molecule has 1 aliphatic rings. The Morgan fingerprint density at radius 1 is 0.250 bits per heavy atom. The molecule has 0 atom stereocenters. The number of hydrogen-bond acceptors (Lipinski definition) is 0. The van der Waals surface area contributed by atoms with E-state index < -0.39 is 0 Å². The zero-order valence-corrected chi connectivity index (χ0v) is 24.4. The lowest BCUT2D eigenvalue weighted by atomic mass is 9.84. The summed E-state index contributed by atoms with van der Waals surface area (Å²) in [7, 11) is 0. The largest absolute Gasteiger partial charge is 0.0620 e. The molecule has 9 rings (SSSR count). The van der Waals surface area contributed by atoms with Crippen molar-refractivity contribution in [1.82, 2.24) is 0 Å². The van der Waals surface area contributed by atoms with Crippen molar-refractivity contribution >= 4 is 32.3 Å². The zero-order chi connectivity index (χ0) is 29.0. The van der Waals surface area contributed by atoms with Crippen molar-refractivity contribution < 1.29 is 0 Å². The Hall–Kier alpha value is -5.46. The summed E-state index contributed by atoms with van der Waals surface area (Å²) in [5.41, 5.74) is 13.2. The van der Waals surface area contributed by atoms with Crippen LogP contribution in [0.25, 0.3) is 76.8 Å². The molecule has 0 bridgehead atoms. The van der Waals surface area contributed by atoms with E-state index in [2.05, 4.69) is 158 Å². The highest BCUT2D eigenvalue weighted by molar-refractivity contribution is 6.25. The van der Waals surface area contributed by atoms with Gasteiger partial charge in [0.05, 0.1) is 0 Å². The van der Waals surface area contributed by atoms with Crippen LogP contribution in [0.2, 0.25) is 0 Å². The van der Waals surface area contributed by atoms with Crippen LogP contribution in [-0.4, -0.2) is 0 Å². The van der Waals surface area contributed by atoms with Gasteiger partial charge >= 0.3 is 0 Å². The molecule has 8 aromatic rings. The first-order valence-corrected chi connectivity index (χ1v) is 15.6. The molecule has 0 nitrogen and oxygen atoms in total. The Kier molecular flexibility index (Phi) is 5.74. The lowest BCUT2D eigenvalue weighted by Crippen LogP contribution is -2.03. The van der Waals surface area contributed by atoms with Gasteiger partial charge in [0.2, 0.25) is 0 Å². The fraction of sp³-hybridized carbons (Fsp3) is 0.0455. The fourth-order valence-corrected chi connectivity index (χ4v) is 7.36. The van der Waals surface area contributed by atoms with Crippen LogP contribution < -0.4 is 0 Å². The number of aryl methyl sites for hydroxylation is 2. The first-order chi connectivity index (χ1) is 21.8. The van der Waals surface area contributed by atoms with Gasteiger partial charge in [0, 0.05) is 0 Å². The van der Waals surface area contributed by atoms with Gasteiger partial charge in [0.15, 0.2) is 0 Å². The third-order valence-corrected chi connectivity index (χ3v) is 9.55. The minimum Gasteiger partial charge on any atom is -0.0620 e. The van der Waals surface area contributed by atoms with Crippen LogP contribution in [0.3, 0.4) is 0 Å². The fourth-order valence-electron chi connectivity index (χ4n) is 7.36. The Bertz CT molecular complexity index is 2350. The van der Waals surface area contributed by atoms with E-state index in [9.17, 15) is 0 Å². The predicted octanol–water partition coefficient (Wildman–Crippen LogP) is 11.9. The molecule has 0 heterocycles. The second-order valence-electron chi connectivity index (χ2n) is 12.0. The van der Waals surface area contributed by atoms with Crippen LogP contribution in [0.1, 0.15) is 11.1 Å². The minimum absolute atomic E-state index is 1.10. The molecule has 0 N–H and O–H groups in total. The van der Waals surface area contributed by atoms with Gasteiger partial charge in [-0.3, -0.25) is 0 Å². The molecule has 0 fully saturated rings. The molecule has 0 aliphatic heterocycles. The summed E-state index contributed by atoms with van der Waals surface area (Å²) < 4.78 is 0. The second kappa shape index (κ2) is 10.1. The van der Waals surface area contributed by atoms with Gasteiger partial charge in [-0.25, -0.2) is 0 Å². The third kappa shape index (κ3) is 4.07. The Balaban J connectivity index is 1.11. The summed E-state index contributed by atoms with van der Waals surface area (Å²) in [6, 6.07) is 58.4. The van der Waals surface area contributed by atoms with Crippen LogP contribution in [-0.2, 0) is 12.8 Å². The van der Waals surface area contributed by atoms with E-state index in [1.807, 2.05) is 0 Å². The van der Waals surface area contributed by atoms with E-state index in [0.29, 0.717) is 0 Å². The summed E-state index contributed by atoms with van der Waals surface area (Å²) in [6.45, 7) is 0. The predicted molar refractivity (Wildman–Crippen MR) is 188 cm³/mol. The molecule has 0 heteroatoms. The normalized spacial score (nSPS) is 12.4. The molecule has 0 amide bonds. The van der Waals surface area contributed by atoms with Gasteiger partial charge in [-0.1, -0.05) is 140 Å². The van der Waals surface area contributed by atoms with Crippen LogP contribution >= 0.6 is 0 Å². The summed E-state index contributed by atoms with van der Waals surface area (Å²) >= 11 is 0. The summed E-state index contributed by atoms with van der Waals surface area (Å²) in [4.78, 5) is 0. The molecule has 0 spiro atoms. The van der Waals surface area contributed by atoms with E-state index in [1.165, 1.54) is 88.0 Å². The molecule has 0 radical (unpaired) electrons. The molecular formula is C44H30. The van der Waals surface area contributed by atoms with Gasteiger partial charge in [0.25, 0.3) is 0 Å². The Labute approximate surface area is 257 Å². The maximum atomic E-state index is 2.41. The molecular weight excluding hydrogens is 528 g/mol. The van der Waals surface area contributed by atoms with E-state index in [-0.39, 0.29) is 0 Å². The lowest BCUT2D eigenvalue weighted by molar-refractivity contribution is 0.942. The quantitative estimate of drug-likeness (QED) is 0.189. The van der Waals surface area contributed by atoms with E-state index in [1.54, 1.807) is 0 Å². The maximum absolute atomic E-state index is 2.41. The lowest BCUT2D eigenvalue weighted by Gasteiger charge is -2.20. The van der Waals surface area contributed by atoms with Crippen molar-refractivity contribution in [2.75, 3.05) is 0 Å². The number of benzene rings is 8. The molecule has 1 aliphatic carbocycles. The van der Waals surface area contributed by atoms with Gasteiger partial charge < -0.3 is 0 Å². The van der Waals surface area contributed by atoms with E-state index >= 15 is 0 Å². The Morgan fingerprint density at radius 2 is 0.682 bits per heavy atom. The molecule has 0 aromatic heterocycles. The average molecular weight is 559 g/mol. The second-order valence-corrected chi connectivity index (χ2v) is 12.0. The number of rotatable bonds is 3. The van der Waals surface area contributed by atoms with Crippen LogP contribution in [0.4, 0.5) is 0 Å². The summed E-state index contributed by atoms with van der Waals surface area (Å²) in [5.74, 6) is 0. The van der Waals surface area contributed by atoms with Crippen molar-refractivity contribution in [3.63, 3.8) is 0 Å². The molecule has 0 unspecified atom stereocenters. The average Bonchev–Trinajstić information content (AvgIpc) is 3.11. The first-order valence-electron chi connectivity index (χ1n) is 15.6. The van der Waals surface area contributed by atoms with Crippen molar-refractivity contribution in [2.24, 2.45) is 0 Å². The van der Waals surface area contributed by atoms with Gasteiger partial charge in [-0.2, -0.15) is 0 Å². The molecule has 44 heavy (non-hydrogen) atoms. The van der Waals surface area contributed by atoms with Crippen LogP contribution in [0.15, 0.2) is 158 Å². The van der Waals surface area contributed by atoms with E-state index in [4.69, 9.17) is 0 Å². The highest BCUT2D eigenvalue weighted by atomic mass is 14.2. The van der Waals surface area contributed by atoms with Gasteiger partial charge in [0.1, 0.15) is 0 Å². The highest BCUT2D eigenvalue weighted by Gasteiger charge is 2.16. The van der Waals surface area contributed by atoms with Gasteiger partial charge in [-0.05, 0) is 119 Å². The first kappa shape index (κ1) is 25.1. The summed E-state index contributed by atoms with van der Waals surface area (Å²) in [6.07, 6.45) is 2.21. The highest BCUT2D eigenvalue weighted by Crippen LogP contribution is 2.39. The summed E-state index contributed by atoms with van der Waals surface area (Å²) in [5, 5.41) is 7.85. The monoisotopic (exact) mass is 558 g/mol. The SMILES string of the molecule is c1cc(-c2cccc(-c3ccc4c5ccccc5c5ccccc5c4c3)c2)cc(-c2ccc3c(c2)CCc2ccccc2-3)c1. The molecule has 0 saturated carbocycles. The standard InChI is InChI=1S/C44H30/c1-2-14-37-29(9-1)19-20-36-27-34(21-23-38(36)37)32-12-7-10-30(25-32)31-11-8-13-33(26-31)35-22-24-43-41-17-4-3-15-39(41)40-16-5-6-18-42(40)44(43)28-35/h1-18,21-28H,19-20H2. The topological polar surface area (TPSA) is 0 Å². The van der Waals surface area contributed by atoms with Crippen LogP contribution in [0, 0.1) is 0 Å².